The van der Waals surface area contributed by atoms with Crippen LogP contribution in [-0.4, -0.2) is 23.9 Å². The highest BCUT2D eigenvalue weighted by molar-refractivity contribution is 9.14. The first kappa shape index (κ1) is 14.3. The molecule has 2 aliphatic heterocycles. The van der Waals surface area contributed by atoms with Gasteiger partial charge in [-0.15, -0.1) is 0 Å². The Bertz CT molecular complexity index is 608. The quantitative estimate of drug-likeness (QED) is 0.769. The van der Waals surface area contributed by atoms with Gasteiger partial charge < -0.3 is 14.6 Å². The zero-order valence-corrected chi connectivity index (χ0v) is 14.2. The van der Waals surface area contributed by atoms with Crippen molar-refractivity contribution in [2.75, 3.05) is 7.11 Å². The van der Waals surface area contributed by atoms with E-state index in [0.717, 1.165) is 15.8 Å². The monoisotopic (exact) mass is 400 g/mol. The average molecular weight is 402 g/mol. The third-order valence-corrected chi connectivity index (χ3v) is 6.58. The lowest BCUT2D eigenvalue weighted by Gasteiger charge is -2.42. The number of methoxy groups -OCH3 is 1. The fourth-order valence-electron chi connectivity index (χ4n) is 2.61. The van der Waals surface area contributed by atoms with Crippen molar-refractivity contribution in [1.29, 1.82) is 0 Å². The van der Waals surface area contributed by atoms with Crippen LogP contribution in [-0.2, 0) is 10.3 Å². The van der Waals surface area contributed by atoms with E-state index >= 15 is 0 Å². The number of halogens is 2. The molecule has 2 aliphatic rings. The molecule has 1 N–H and O–H groups in total. The molecule has 3 atom stereocenters. The Hall–Kier alpha value is -0.620. The molecule has 0 saturated carbocycles. The van der Waals surface area contributed by atoms with E-state index in [1.165, 1.54) is 0 Å². The van der Waals surface area contributed by atoms with Crippen molar-refractivity contribution in [2.45, 2.75) is 24.2 Å². The number of benzene rings is 1. The molecule has 3 nitrogen and oxygen atoms in total. The summed E-state index contributed by atoms with van der Waals surface area (Å²) in [6.45, 7) is 1.96. The second-order valence-corrected chi connectivity index (χ2v) is 6.71. The van der Waals surface area contributed by atoms with E-state index in [2.05, 4.69) is 31.9 Å². The first-order chi connectivity index (χ1) is 9.41. The summed E-state index contributed by atoms with van der Waals surface area (Å²) in [6, 6.07) is 7.35. The summed E-state index contributed by atoms with van der Waals surface area (Å²) in [5, 5.41) is 11.2. The molecule has 2 bridgehead atoms. The molecule has 1 aromatic rings. The van der Waals surface area contributed by atoms with Crippen LogP contribution in [0.2, 0.25) is 0 Å². The summed E-state index contributed by atoms with van der Waals surface area (Å²) < 4.78 is 12.6. The topological polar surface area (TPSA) is 38.7 Å². The zero-order valence-electron chi connectivity index (χ0n) is 11.1. The highest BCUT2D eigenvalue weighted by Crippen LogP contribution is 2.53. The van der Waals surface area contributed by atoms with E-state index in [1.807, 2.05) is 43.3 Å². The summed E-state index contributed by atoms with van der Waals surface area (Å²) in [6.07, 6.45) is 3.45. The van der Waals surface area contributed by atoms with Crippen LogP contribution in [0.5, 0.6) is 5.75 Å². The van der Waals surface area contributed by atoms with Crippen molar-refractivity contribution in [2.24, 2.45) is 0 Å². The van der Waals surface area contributed by atoms with Crippen molar-refractivity contribution in [1.82, 2.24) is 0 Å². The lowest BCUT2D eigenvalue weighted by atomic mass is 9.86. The van der Waals surface area contributed by atoms with E-state index in [4.69, 9.17) is 9.47 Å². The van der Waals surface area contributed by atoms with E-state index in [9.17, 15) is 5.11 Å². The molecular formula is C15H14Br2O3. The van der Waals surface area contributed by atoms with Gasteiger partial charge in [0.05, 0.1) is 7.11 Å². The molecule has 2 heterocycles. The van der Waals surface area contributed by atoms with Crippen molar-refractivity contribution in [3.63, 3.8) is 0 Å². The number of hydrogen-bond donors (Lipinski definition) is 1. The van der Waals surface area contributed by atoms with Crippen LogP contribution >= 0.6 is 31.9 Å². The predicted octanol–water partition coefficient (Wildman–Crippen LogP) is 3.61. The largest absolute Gasteiger partial charge is 0.497 e. The molecule has 1 aromatic carbocycles. The van der Waals surface area contributed by atoms with Crippen LogP contribution in [0.15, 0.2) is 45.4 Å². The number of rotatable bonds is 2. The number of ether oxygens (including phenoxy) is 2. The Morgan fingerprint density at radius 1 is 1.20 bits per heavy atom. The van der Waals surface area contributed by atoms with Gasteiger partial charge in [-0.05, 0) is 30.7 Å². The molecule has 106 valence electrons. The normalized spacial score (nSPS) is 35.5. The molecule has 5 heteroatoms. The van der Waals surface area contributed by atoms with Gasteiger partial charge in [-0.3, -0.25) is 0 Å². The maximum absolute atomic E-state index is 11.2. The Morgan fingerprint density at radius 2 is 1.85 bits per heavy atom. The molecule has 0 aromatic heterocycles. The van der Waals surface area contributed by atoms with E-state index in [0.29, 0.717) is 4.48 Å². The number of aliphatic hydroxyl groups is 1. The summed E-state index contributed by atoms with van der Waals surface area (Å²) >= 11 is 7.07. The van der Waals surface area contributed by atoms with Crippen molar-refractivity contribution in [3.8, 4) is 5.75 Å². The van der Waals surface area contributed by atoms with Crippen LogP contribution in [0.3, 0.4) is 0 Å². The molecule has 0 amide bonds. The van der Waals surface area contributed by atoms with Gasteiger partial charge >= 0.3 is 0 Å². The minimum absolute atomic E-state index is 0.420. The minimum atomic E-state index is -1.24. The molecule has 0 saturated heterocycles. The van der Waals surface area contributed by atoms with Gasteiger partial charge in [-0.2, -0.15) is 0 Å². The van der Waals surface area contributed by atoms with Gasteiger partial charge in [0.25, 0.3) is 0 Å². The summed E-state index contributed by atoms with van der Waals surface area (Å²) in [7, 11) is 1.62. The van der Waals surface area contributed by atoms with Crippen LogP contribution in [0, 0.1) is 0 Å². The molecular weight excluding hydrogens is 388 g/mol. The summed E-state index contributed by atoms with van der Waals surface area (Å²) in [5.41, 5.74) is -1.000. The zero-order chi connectivity index (χ0) is 14.5. The highest BCUT2D eigenvalue weighted by Gasteiger charge is 2.54. The van der Waals surface area contributed by atoms with Crippen LogP contribution < -0.4 is 4.74 Å². The second kappa shape index (κ2) is 4.70. The molecule has 0 radical (unpaired) electrons. The van der Waals surface area contributed by atoms with Gasteiger partial charge in [0.2, 0.25) is 0 Å². The Balaban J connectivity index is 2.13. The van der Waals surface area contributed by atoms with Gasteiger partial charge in [0.15, 0.2) is 5.60 Å². The maximum atomic E-state index is 11.2. The first-order valence-corrected chi connectivity index (χ1v) is 7.81. The standard InChI is InChI=1S/C15H14Br2O3/c1-14-8-7-11(20-14)15(18,13(17)12(14)16)9-3-5-10(19-2)6-4-9/h3-8,11,18H,1-2H3. The van der Waals surface area contributed by atoms with Crippen LogP contribution in [0.4, 0.5) is 0 Å². The maximum Gasteiger partial charge on any atom is 0.152 e. The van der Waals surface area contributed by atoms with E-state index in [1.54, 1.807) is 7.11 Å². The van der Waals surface area contributed by atoms with Crippen LogP contribution in [0.1, 0.15) is 12.5 Å². The van der Waals surface area contributed by atoms with Gasteiger partial charge in [0.1, 0.15) is 17.5 Å². The first-order valence-electron chi connectivity index (χ1n) is 6.22. The Labute approximate surface area is 134 Å². The van der Waals surface area contributed by atoms with Crippen molar-refractivity contribution >= 4 is 31.9 Å². The molecule has 20 heavy (non-hydrogen) atoms. The highest BCUT2D eigenvalue weighted by atomic mass is 79.9. The fraction of sp³-hybridized carbons (Fsp3) is 0.333. The lowest BCUT2D eigenvalue weighted by molar-refractivity contribution is -0.103. The third-order valence-electron chi connectivity index (χ3n) is 3.87. The van der Waals surface area contributed by atoms with Crippen LogP contribution in [0.25, 0.3) is 0 Å². The van der Waals surface area contributed by atoms with E-state index < -0.39 is 17.3 Å². The predicted molar refractivity (Wildman–Crippen MR) is 84.2 cm³/mol. The lowest BCUT2D eigenvalue weighted by Crippen LogP contribution is -2.47. The molecule has 0 fully saturated rings. The number of hydrogen-bond acceptors (Lipinski definition) is 3. The summed E-state index contributed by atoms with van der Waals surface area (Å²) in [4.78, 5) is 0. The Morgan fingerprint density at radius 3 is 2.45 bits per heavy atom. The van der Waals surface area contributed by atoms with Gasteiger partial charge in [0, 0.05) is 8.96 Å². The third kappa shape index (κ3) is 1.84. The van der Waals surface area contributed by atoms with Gasteiger partial charge in [-0.25, -0.2) is 0 Å². The molecule has 0 aliphatic carbocycles. The second-order valence-electron chi connectivity index (χ2n) is 5.13. The van der Waals surface area contributed by atoms with Crippen molar-refractivity contribution in [3.05, 3.63) is 50.9 Å². The molecule has 3 unspecified atom stereocenters. The summed E-state index contributed by atoms with van der Waals surface area (Å²) in [5.74, 6) is 0.750. The fourth-order valence-corrected chi connectivity index (χ4v) is 3.99. The minimum Gasteiger partial charge on any atom is -0.497 e. The molecule has 0 spiro atoms. The Kier molecular flexibility index (Phi) is 3.36. The van der Waals surface area contributed by atoms with Gasteiger partial charge in [-0.1, -0.05) is 50.1 Å². The SMILES string of the molecule is COc1ccc(C2(O)C(Br)=C(Br)C3(C)C=CC2O3)cc1. The number of fused-ring (bicyclic) bond motifs is 2. The average Bonchev–Trinajstić information content (AvgIpc) is 2.86. The smallest absolute Gasteiger partial charge is 0.152 e. The van der Waals surface area contributed by atoms with Crippen molar-refractivity contribution < 1.29 is 14.6 Å². The van der Waals surface area contributed by atoms with E-state index in [-0.39, 0.29) is 0 Å². The molecule has 3 rings (SSSR count).